The van der Waals surface area contributed by atoms with Crippen LogP contribution in [0.15, 0.2) is 29.2 Å². The van der Waals surface area contributed by atoms with Gasteiger partial charge in [0.05, 0.1) is 13.0 Å². The lowest BCUT2D eigenvalue weighted by atomic mass is 9.99. The lowest BCUT2D eigenvalue weighted by molar-refractivity contribution is -0.143. The first-order chi connectivity index (χ1) is 11.8. The van der Waals surface area contributed by atoms with Gasteiger partial charge in [0.25, 0.3) is 0 Å². The van der Waals surface area contributed by atoms with Crippen LogP contribution in [0.4, 0.5) is 0 Å². The van der Waals surface area contributed by atoms with Gasteiger partial charge in [-0.25, -0.2) is 13.2 Å². The SMILES string of the molecule is COc1ccc(/C=C\C(=O)O)cc1S(=O)(=O)N1CCC(C(=O)O)CC1. The zero-order valence-corrected chi connectivity index (χ0v) is 14.4. The number of carboxylic acids is 2. The molecule has 0 unspecified atom stereocenters. The number of piperidine rings is 1. The summed E-state index contributed by atoms with van der Waals surface area (Å²) < 4.78 is 32.1. The monoisotopic (exact) mass is 369 g/mol. The van der Waals surface area contributed by atoms with E-state index in [-0.39, 0.29) is 36.6 Å². The van der Waals surface area contributed by atoms with Crippen LogP contribution < -0.4 is 4.74 Å². The van der Waals surface area contributed by atoms with E-state index in [0.29, 0.717) is 5.56 Å². The molecular formula is C16H19NO7S. The summed E-state index contributed by atoms with van der Waals surface area (Å²) in [6.45, 7) is 0.218. The van der Waals surface area contributed by atoms with Gasteiger partial charge in [-0.3, -0.25) is 4.79 Å². The van der Waals surface area contributed by atoms with Gasteiger partial charge in [-0.15, -0.1) is 0 Å². The minimum atomic E-state index is -3.88. The summed E-state index contributed by atoms with van der Waals surface area (Å²) in [4.78, 5) is 21.6. The Labute approximate surface area is 145 Å². The first-order valence-electron chi connectivity index (χ1n) is 7.57. The molecule has 0 aliphatic carbocycles. The summed E-state index contributed by atoms with van der Waals surface area (Å²) in [7, 11) is -2.54. The zero-order chi connectivity index (χ0) is 18.6. The predicted octanol–water partition coefficient (Wildman–Crippen LogP) is 1.28. The highest BCUT2D eigenvalue weighted by atomic mass is 32.2. The second kappa shape index (κ2) is 7.66. The lowest BCUT2D eigenvalue weighted by Crippen LogP contribution is -2.40. The fourth-order valence-electron chi connectivity index (χ4n) is 2.65. The second-order valence-corrected chi connectivity index (χ2v) is 7.50. The maximum absolute atomic E-state index is 12.9. The minimum absolute atomic E-state index is 0.0729. The van der Waals surface area contributed by atoms with Crippen LogP contribution in [0.1, 0.15) is 18.4 Å². The highest BCUT2D eigenvalue weighted by Crippen LogP contribution is 2.31. The van der Waals surface area contributed by atoms with Crippen molar-refractivity contribution in [3.63, 3.8) is 0 Å². The van der Waals surface area contributed by atoms with E-state index in [4.69, 9.17) is 14.9 Å². The fraction of sp³-hybridized carbons (Fsp3) is 0.375. The summed E-state index contributed by atoms with van der Waals surface area (Å²) in [5.74, 6) is -2.46. The van der Waals surface area contributed by atoms with E-state index in [2.05, 4.69) is 0 Å². The number of carbonyl (C=O) groups is 2. The molecule has 2 N–H and O–H groups in total. The number of carboxylic acid groups (broad SMARTS) is 2. The Morgan fingerprint density at radius 1 is 1.24 bits per heavy atom. The summed E-state index contributed by atoms with van der Waals surface area (Å²) in [6.07, 6.45) is 2.69. The third-order valence-corrected chi connectivity index (χ3v) is 5.95. The first kappa shape index (κ1) is 18.9. The molecule has 9 heteroatoms. The summed E-state index contributed by atoms with van der Waals surface area (Å²) >= 11 is 0. The standard InChI is InChI=1S/C16H19NO7S/c1-24-13-4-2-11(3-5-15(18)19)10-14(13)25(22,23)17-8-6-12(7-9-17)16(20)21/h2-5,10,12H,6-9H2,1H3,(H,18,19)(H,20,21)/b5-3-. The molecule has 1 aliphatic heterocycles. The Morgan fingerprint density at radius 3 is 2.40 bits per heavy atom. The summed E-state index contributed by atoms with van der Waals surface area (Å²) in [6, 6.07) is 4.35. The van der Waals surface area contributed by atoms with Gasteiger partial charge in [-0.2, -0.15) is 4.31 Å². The van der Waals surface area contributed by atoms with E-state index in [1.54, 1.807) is 6.07 Å². The van der Waals surface area contributed by atoms with Crippen LogP contribution in [0.25, 0.3) is 6.08 Å². The number of hydrogen-bond acceptors (Lipinski definition) is 5. The summed E-state index contributed by atoms with van der Waals surface area (Å²) in [5.41, 5.74) is 0.405. The highest BCUT2D eigenvalue weighted by Gasteiger charge is 2.33. The van der Waals surface area contributed by atoms with E-state index < -0.39 is 27.9 Å². The van der Waals surface area contributed by atoms with Gasteiger partial charge in [-0.1, -0.05) is 6.07 Å². The molecule has 0 radical (unpaired) electrons. The predicted molar refractivity (Wildman–Crippen MR) is 88.8 cm³/mol. The minimum Gasteiger partial charge on any atom is -0.495 e. The molecule has 0 aromatic heterocycles. The maximum Gasteiger partial charge on any atom is 0.328 e. The molecule has 136 valence electrons. The molecule has 1 heterocycles. The third-order valence-electron chi connectivity index (χ3n) is 4.03. The van der Waals surface area contributed by atoms with Crippen molar-refractivity contribution in [2.75, 3.05) is 20.2 Å². The molecule has 0 amide bonds. The topological polar surface area (TPSA) is 121 Å². The van der Waals surface area contributed by atoms with Crippen molar-refractivity contribution in [1.29, 1.82) is 0 Å². The van der Waals surface area contributed by atoms with Gasteiger partial charge in [0.1, 0.15) is 10.6 Å². The van der Waals surface area contributed by atoms with E-state index >= 15 is 0 Å². The Balaban J connectivity index is 2.33. The molecule has 0 saturated carbocycles. The van der Waals surface area contributed by atoms with Gasteiger partial charge in [0.15, 0.2) is 0 Å². The van der Waals surface area contributed by atoms with Crippen LogP contribution in [-0.2, 0) is 19.6 Å². The van der Waals surface area contributed by atoms with Crippen LogP contribution in [0.5, 0.6) is 5.75 Å². The number of benzene rings is 1. The quantitative estimate of drug-likeness (QED) is 0.724. The number of ether oxygens (including phenoxy) is 1. The van der Waals surface area contributed by atoms with Crippen molar-refractivity contribution in [2.45, 2.75) is 17.7 Å². The third kappa shape index (κ3) is 4.37. The number of hydrogen-bond donors (Lipinski definition) is 2. The van der Waals surface area contributed by atoms with Crippen molar-refractivity contribution < 1.29 is 33.0 Å². The molecular weight excluding hydrogens is 350 g/mol. The Morgan fingerprint density at radius 2 is 1.88 bits per heavy atom. The van der Waals surface area contributed by atoms with Crippen molar-refractivity contribution in [3.05, 3.63) is 29.8 Å². The second-order valence-electron chi connectivity index (χ2n) is 5.60. The number of rotatable bonds is 6. The Bertz CT molecular complexity index is 793. The molecule has 1 saturated heterocycles. The van der Waals surface area contributed by atoms with E-state index in [0.717, 1.165) is 6.08 Å². The van der Waals surface area contributed by atoms with Gasteiger partial charge >= 0.3 is 11.9 Å². The van der Waals surface area contributed by atoms with Crippen LogP contribution >= 0.6 is 0 Å². The highest BCUT2D eigenvalue weighted by molar-refractivity contribution is 7.89. The van der Waals surface area contributed by atoms with Crippen molar-refractivity contribution in [2.24, 2.45) is 5.92 Å². The molecule has 1 fully saturated rings. The van der Waals surface area contributed by atoms with Crippen molar-refractivity contribution >= 4 is 28.0 Å². The number of methoxy groups -OCH3 is 1. The van der Waals surface area contributed by atoms with E-state index in [9.17, 15) is 18.0 Å². The lowest BCUT2D eigenvalue weighted by Gasteiger charge is -2.29. The van der Waals surface area contributed by atoms with Crippen LogP contribution in [0, 0.1) is 5.92 Å². The van der Waals surface area contributed by atoms with Crippen molar-refractivity contribution in [1.82, 2.24) is 4.31 Å². The molecule has 1 aromatic rings. The molecule has 25 heavy (non-hydrogen) atoms. The first-order valence-corrected chi connectivity index (χ1v) is 9.01. The van der Waals surface area contributed by atoms with Gasteiger partial charge in [0, 0.05) is 19.2 Å². The summed E-state index contributed by atoms with van der Waals surface area (Å²) in [5, 5.41) is 17.7. The molecule has 1 aliphatic rings. The largest absolute Gasteiger partial charge is 0.495 e. The zero-order valence-electron chi connectivity index (χ0n) is 13.6. The van der Waals surface area contributed by atoms with Crippen molar-refractivity contribution in [3.8, 4) is 5.75 Å². The number of sulfonamides is 1. The smallest absolute Gasteiger partial charge is 0.328 e. The van der Waals surface area contributed by atoms with Gasteiger partial charge in [-0.05, 0) is 36.6 Å². The Kier molecular flexibility index (Phi) is 5.81. The van der Waals surface area contributed by atoms with E-state index in [1.165, 1.54) is 29.6 Å². The average molecular weight is 369 g/mol. The molecule has 2 rings (SSSR count). The molecule has 0 bridgehead atoms. The van der Waals surface area contributed by atoms with E-state index in [1.807, 2.05) is 0 Å². The normalized spacial score (nSPS) is 16.8. The fourth-order valence-corrected chi connectivity index (χ4v) is 4.31. The Hall–Kier alpha value is -2.39. The molecule has 0 atom stereocenters. The molecule has 1 aromatic carbocycles. The van der Waals surface area contributed by atoms with Crippen LogP contribution in [-0.4, -0.2) is 55.1 Å². The number of aliphatic carboxylic acids is 2. The molecule has 8 nitrogen and oxygen atoms in total. The average Bonchev–Trinajstić information content (AvgIpc) is 2.59. The van der Waals surface area contributed by atoms with Crippen LogP contribution in [0.3, 0.4) is 0 Å². The van der Waals surface area contributed by atoms with Gasteiger partial charge in [0.2, 0.25) is 10.0 Å². The maximum atomic E-state index is 12.9. The molecule has 0 spiro atoms. The number of nitrogens with zero attached hydrogens (tertiary/aromatic N) is 1. The van der Waals surface area contributed by atoms with Gasteiger partial charge < -0.3 is 14.9 Å². The van der Waals surface area contributed by atoms with Crippen LogP contribution in [0.2, 0.25) is 0 Å².